The number of nitrogens with one attached hydrogen (secondary N) is 1. The number of rotatable bonds is 6. The van der Waals surface area contributed by atoms with Gasteiger partial charge in [0.2, 0.25) is 0 Å². The highest BCUT2D eigenvalue weighted by Crippen LogP contribution is 2.24. The molecule has 0 aliphatic heterocycles. The van der Waals surface area contributed by atoms with E-state index in [-0.39, 0.29) is 23.4 Å². The summed E-state index contributed by atoms with van der Waals surface area (Å²) in [5.74, 6) is -2.41. The number of anilines is 1. The molecule has 11 heteroatoms. The van der Waals surface area contributed by atoms with E-state index < -0.39 is 17.8 Å². The lowest BCUT2D eigenvalue weighted by atomic mass is 10.1. The van der Waals surface area contributed by atoms with Gasteiger partial charge in [-0.25, -0.2) is 19.1 Å². The fourth-order valence-electron chi connectivity index (χ4n) is 3.23. The van der Waals surface area contributed by atoms with E-state index in [1.54, 1.807) is 37.4 Å². The number of aryl methyl sites for hydroxylation is 1. The smallest absolute Gasteiger partial charge is 0.357 e. The van der Waals surface area contributed by atoms with Crippen molar-refractivity contribution in [2.45, 2.75) is 6.92 Å². The molecule has 0 spiro atoms. The number of aromatic nitrogens is 5. The summed E-state index contributed by atoms with van der Waals surface area (Å²) in [6.45, 7) is 1.95. The van der Waals surface area contributed by atoms with Crippen molar-refractivity contribution in [3.05, 3.63) is 65.7 Å². The number of carboxylic acid groups (broad SMARTS) is 1. The van der Waals surface area contributed by atoms with E-state index in [9.17, 15) is 19.5 Å². The average Bonchev–Trinajstić information content (AvgIpc) is 3.38. The van der Waals surface area contributed by atoms with Crippen LogP contribution in [0, 0.1) is 0 Å². The lowest BCUT2D eigenvalue weighted by Gasteiger charge is -2.09. The Kier molecular flexibility index (Phi) is 5.37. The Morgan fingerprint density at radius 3 is 2.75 bits per heavy atom. The van der Waals surface area contributed by atoms with Crippen LogP contribution >= 0.6 is 0 Å². The van der Waals surface area contributed by atoms with Gasteiger partial charge in [-0.1, -0.05) is 12.1 Å². The first kappa shape index (κ1) is 20.7. The van der Waals surface area contributed by atoms with Gasteiger partial charge < -0.3 is 15.2 Å². The molecule has 11 nitrogen and oxygen atoms in total. The predicted molar refractivity (Wildman–Crippen MR) is 113 cm³/mol. The highest BCUT2D eigenvalue weighted by molar-refractivity contribution is 6.10. The molecule has 0 fully saturated rings. The fourth-order valence-corrected chi connectivity index (χ4v) is 3.23. The number of nitrogens with zero attached hydrogens (tertiary/aromatic N) is 5. The molecule has 3 heterocycles. The van der Waals surface area contributed by atoms with Gasteiger partial charge in [0.25, 0.3) is 5.91 Å². The minimum absolute atomic E-state index is 0.0529. The number of carbonyl (C=O) groups excluding carboxylic acids is 2. The molecule has 0 saturated heterocycles. The Bertz CT molecular complexity index is 1360. The number of ether oxygens (including phenoxy) is 1. The van der Waals surface area contributed by atoms with E-state index in [0.29, 0.717) is 22.6 Å². The molecule has 4 aromatic rings. The first-order chi connectivity index (χ1) is 15.4. The van der Waals surface area contributed by atoms with E-state index in [2.05, 4.69) is 20.5 Å². The van der Waals surface area contributed by atoms with E-state index in [0.717, 1.165) is 0 Å². The topological polar surface area (TPSA) is 141 Å². The highest BCUT2D eigenvalue weighted by Gasteiger charge is 2.21. The van der Waals surface area contributed by atoms with Crippen LogP contribution in [-0.2, 0) is 11.8 Å². The molecule has 0 bridgehead atoms. The largest absolute Gasteiger partial charge is 0.476 e. The maximum absolute atomic E-state index is 12.6. The van der Waals surface area contributed by atoms with Crippen molar-refractivity contribution in [1.82, 2.24) is 24.4 Å². The van der Waals surface area contributed by atoms with E-state index in [4.69, 9.17) is 4.74 Å². The van der Waals surface area contributed by atoms with Crippen LogP contribution < -0.4 is 5.32 Å². The molecule has 0 radical (unpaired) electrons. The third-order valence-electron chi connectivity index (χ3n) is 4.59. The third-order valence-corrected chi connectivity index (χ3v) is 4.59. The molecular formula is C21H18N6O5. The van der Waals surface area contributed by atoms with Crippen LogP contribution in [0.15, 0.2) is 48.9 Å². The lowest BCUT2D eigenvalue weighted by Crippen LogP contribution is -2.15. The van der Waals surface area contributed by atoms with Crippen molar-refractivity contribution in [2.24, 2.45) is 7.05 Å². The van der Waals surface area contributed by atoms with Gasteiger partial charge in [-0.05, 0) is 25.1 Å². The first-order valence-electron chi connectivity index (χ1n) is 9.57. The SMILES string of the molecule is CCOC(=O)c1cnn2c(-c3cccc(NC(=O)c4cn(C)nc4C(=O)O)c3)ccnc12. The summed E-state index contributed by atoms with van der Waals surface area (Å²) in [7, 11) is 1.53. The number of aromatic carboxylic acids is 1. The van der Waals surface area contributed by atoms with Crippen LogP contribution in [0.4, 0.5) is 5.69 Å². The van der Waals surface area contributed by atoms with Crippen molar-refractivity contribution < 1.29 is 24.2 Å². The molecular weight excluding hydrogens is 416 g/mol. The van der Waals surface area contributed by atoms with Crippen molar-refractivity contribution in [2.75, 3.05) is 11.9 Å². The molecule has 0 unspecified atom stereocenters. The summed E-state index contributed by atoms with van der Waals surface area (Å²) in [6.07, 6.45) is 4.29. The summed E-state index contributed by atoms with van der Waals surface area (Å²) < 4.78 is 7.82. The molecule has 0 atom stereocenters. The van der Waals surface area contributed by atoms with Crippen molar-refractivity contribution in [1.29, 1.82) is 0 Å². The van der Waals surface area contributed by atoms with Gasteiger partial charge in [0.1, 0.15) is 5.56 Å². The molecule has 4 rings (SSSR count). The molecule has 32 heavy (non-hydrogen) atoms. The Hall–Kier alpha value is -4.54. The van der Waals surface area contributed by atoms with E-state index in [1.807, 2.05) is 6.07 Å². The molecule has 162 valence electrons. The number of carbonyl (C=O) groups is 3. The minimum Gasteiger partial charge on any atom is -0.476 e. The van der Waals surface area contributed by atoms with Gasteiger partial charge in [0.05, 0.1) is 24.1 Å². The van der Waals surface area contributed by atoms with Gasteiger partial charge >= 0.3 is 11.9 Å². The number of fused-ring (bicyclic) bond motifs is 1. The van der Waals surface area contributed by atoms with Crippen LogP contribution in [0.5, 0.6) is 0 Å². The van der Waals surface area contributed by atoms with Crippen molar-refractivity contribution in [3.63, 3.8) is 0 Å². The lowest BCUT2D eigenvalue weighted by molar-refractivity contribution is 0.0527. The zero-order valence-corrected chi connectivity index (χ0v) is 17.1. The zero-order chi connectivity index (χ0) is 22.8. The normalized spacial score (nSPS) is 10.8. The van der Waals surface area contributed by atoms with Crippen molar-refractivity contribution in [3.8, 4) is 11.3 Å². The number of benzene rings is 1. The molecule has 3 aromatic heterocycles. The second-order valence-corrected chi connectivity index (χ2v) is 6.75. The van der Waals surface area contributed by atoms with Crippen LogP contribution in [-0.4, -0.2) is 53.9 Å². The molecule has 0 aliphatic carbocycles. The number of esters is 1. The second kappa shape index (κ2) is 8.30. The summed E-state index contributed by atoms with van der Waals surface area (Å²) in [6, 6.07) is 8.63. The average molecular weight is 434 g/mol. The molecule has 2 N–H and O–H groups in total. The maximum atomic E-state index is 12.6. The van der Waals surface area contributed by atoms with Crippen LogP contribution in [0.1, 0.15) is 38.1 Å². The Morgan fingerprint density at radius 1 is 1.19 bits per heavy atom. The fraction of sp³-hybridized carbons (Fsp3) is 0.143. The Balaban J connectivity index is 1.67. The molecule has 0 aliphatic rings. The van der Waals surface area contributed by atoms with Crippen LogP contribution in [0.25, 0.3) is 16.9 Å². The predicted octanol–water partition coefficient (Wildman–Crippen LogP) is 2.26. The Morgan fingerprint density at radius 2 is 2.00 bits per heavy atom. The molecule has 1 aromatic carbocycles. The monoisotopic (exact) mass is 434 g/mol. The number of carboxylic acids is 1. The number of amides is 1. The molecule has 0 saturated carbocycles. The summed E-state index contributed by atoms with van der Waals surface area (Å²) in [5.41, 5.74) is 1.97. The Labute approximate surface area is 181 Å². The summed E-state index contributed by atoms with van der Waals surface area (Å²) in [5, 5.41) is 20.0. The second-order valence-electron chi connectivity index (χ2n) is 6.75. The van der Waals surface area contributed by atoms with Gasteiger partial charge in [0, 0.05) is 30.7 Å². The van der Waals surface area contributed by atoms with Crippen LogP contribution in [0.3, 0.4) is 0 Å². The summed E-state index contributed by atoms with van der Waals surface area (Å²) in [4.78, 5) is 40.4. The van der Waals surface area contributed by atoms with Crippen molar-refractivity contribution >= 4 is 29.2 Å². The quantitative estimate of drug-likeness (QED) is 0.440. The van der Waals surface area contributed by atoms with E-state index in [1.165, 1.54) is 28.6 Å². The van der Waals surface area contributed by atoms with Gasteiger partial charge in [0.15, 0.2) is 11.3 Å². The van der Waals surface area contributed by atoms with Gasteiger partial charge in [-0.3, -0.25) is 9.48 Å². The van der Waals surface area contributed by atoms with Crippen LogP contribution in [0.2, 0.25) is 0 Å². The maximum Gasteiger partial charge on any atom is 0.357 e. The van der Waals surface area contributed by atoms with E-state index >= 15 is 0 Å². The van der Waals surface area contributed by atoms with Gasteiger partial charge in [-0.15, -0.1) is 0 Å². The zero-order valence-electron chi connectivity index (χ0n) is 17.1. The molecule has 1 amide bonds. The summed E-state index contributed by atoms with van der Waals surface area (Å²) >= 11 is 0. The number of hydrogen-bond acceptors (Lipinski definition) is 7. The highest BCUT2D eigenvalue weighted by atomic mass is 16.5. The third kappa shape index (κ3) is 3.78. The minimum atomic E-state index is -1.29. The number of hydrogen-bond donors (Lipinski definition) is 2. The standard InChI is InChI=1S/C21H18N6O5/c1-3-32-21(31)14-10-23-27-16(7-8-22-18(14)27)12-5-4-6-13(9-12)24-19(28)15-11-26(2)25-17(15)20(29)30/h4-11H,3H2,1-2H3,(H,24,28)(H,29,30). The first-order valence-corrected chi connectivity index (χ1v) is 9.57. The van der Waals surface area contributed by atoms with Gasteiger partial charge in [-0.2, -0.15) is 10.2 Å².